The van der Waals surface area contributed by atoms with E-state index in [0.29, 0.717) is 22.7 Å². The second kappa shape index (κ2) is 19.2. The molecular weight excluding hydrogens is 696 g/mol. The van der Waals surface area contributed by atoms with E-state index in [1.54, 1.807) is 13.1 Å². The van der Waals surface area contributed by atoms with Crippen molar-refractivity contribution >= 4 is 47.9 Å². The lowest BCUT2D eigenvalue weighted by molar-refractivity contribution is -0.139. The third-order valence-corrected chi connectivity index (χ3v) is 11.5. The van der Waals surface area contributed by atoms with E-state index in [9.17, 15) is 14.6 Å². The Bertz CT molecular complexity index is 1580. The number of hydrogen-bond acceptors (Lipinski definition) is 8. The van der Waals surface area contributed by atoms with Gasteiger partial charge in [0, 0.05) is 54.8 Å². The van der Waals surface area contributed by atoms with Gasteiger partial charge in [0.2, 0.25) is 11.8 Å². The molecule has 2 unspecified atom stereocenters. The number of likely N-dealkylation sites (tertiary alicyclic amines) is 2. The van der Waals surface area contributed by atoms with Crippen molar-refractivity contribution in [3.05, 3.63) is 93.6 Å². The quantitative estimate of drug-likeness (QED) is 0.201. The van der Waals surface area contributed by atoms with E-state index in [1.165, 1.54) is 0 Å². The van der Waals surface area contributed by atoms with Gasteiger partial charge in [0.05, 0.1) is 6.04 Å². The van der Waals surface area contributed by atoms with E-state index in [4.69, 9.17) is 34.7 Å². The van der Waals surface area contributed by atoms with Crippen LogP contribution < -0.4 is 16.8 Å². The van der Waals surface area contributed by atoms with Crippen molar-refractivity contribution in [2.45, 2.75) is 70.9 Å². The van der Waals surface area contributed by atoms with Crippen molar-refractivity contribution in [3.63, 3.8) is 0 Å². The van der Waals surface area contributed by atoms with Crippen molar-refractivity contribution in [1.29, 1.82) is 0 Å². The summed E-state index contributed by atoms with van der Waals surface area (Å²) in [6, 6.07) is 19.4. The highest BCUT2D eigenvalue weighted by atomic mass is 35.5. The molecule has 4 heterocycles. The van der Waals surface area contributed by atoms with Gasteiger partial charge in [-0.25, -0.2) is 4.98 Å². The summed E-state index contributed by atoms with van der Waals surface area (Å²) in [4.78, 5) is 35.6. The van der Waals surface area contributed by atoms with E-state index >= 15 is 0 Å². The Kier molecular flexibility index (Phi) is 14.8. The monoisotopic (exact) mass is 749 g/mol. The molecule has 3 aromatic rings. The molecule has 6 N–H and O–H groups in total. The van der Waals surface area contributed by atoms with Crippen LogP contribution in [-0.2, 0) is 16.1 Å². The maximum Gasteiger partial charge on any atom is 0.376 e. The van der Waals surface area contributed by atoms with Crippen molar-refractivity contribution in [3.8, 4) is 0 Å². The molecule has 0 spiro atoms. The van der Waals surface area contributed by atoms with Crippen molar-refractivity contribution in [1.82, 2.24) is 24.9 Å². The summed E-state index contributed by atoms with van der Waals surface area (Å²) in [5.74, 6) is 1.67. The Morgan fingerprint density at radius 3 is 1.96 bits per heavy atom. The zero-order valence-corrected chi connectivity index (χ0v) is 32.0. The van der Waals surface area contributed by atoms with Crippen LogP contribution in [0.1, 0.15) is 74.2 Å². The summed E-state index contributed by atoms with van der Waals surface area (Å²) in [7, 11) is -0.349. The van der Waals surface area contributed by atoms with Crippen LogP contribution in [0.15, 0.2) is 66.9 Å². The maximum atomic E-state index is 13.2. The SMILES string of the molecule is CB(O)N1CCC(C(N)c2ccc(Cl)cc2)CC1.CC(=O)NC(c1ccc(Cl)cc1)C1CCN(C(=O)C2CCN(Cc3ccnc(N)c3)CC2)CC1. The number of anilines is 1. The van der Waals surface area contributed by atoms with Crippen LogP contribution >= 0.6 is 23.2 Å². The Morgan fingerprint density at radius 1 is 0.865 bits per heavy atom. The number of aromatic nitrogens is 1. The molecule has 3 aliphatic heterocycles. The number of nitrogens with one attached hydrogen (secondary N) is 1. The average Bonchev–Trinajstić information content (AvgIpc) is 3.15. The Balaban J connectivity index is 0.000000244. The number of nitrogen functional groups attached to an aromatic ring is 1. The van der Waals surface area contributed by atoms with Crippen molar-refractivity contribution in [2.75, 3.05) is 45.0 Å². The van der Waals surface area contributed by atoms with Crippen LogP contribution in [0, 0.1) is 17.8 Å². The molecule has 1 aromatic heterocycles. The lowest BCUT2D eigenvalue weighted by Crippen LogP contribution is -2.47. The van der Waals surface area contributed by atoms with Crippen LogP contribution in [0.2, 0.25) is 16.9 Å². The lowest BCUT2D eigenvalue weighted by Gasteiger charge is -2.39. The minimum Gasteiger partial charge on any atom is -0.437 e. The van der Waals surface area contributed by atoms with Crippen molar-refractivity contribution < 1.29 is 14.6 Å². The predicted octanol–water partition coefficient (Wildman–Crippen LogP) is 5.81. The molecule has 3 fully saturated rings. The van der Waals surface area contributed by atoms with E-state index in [1.807, 2.05) is 72.4 Å². The average molecular weight is 751 g/mol. The number of carbonyl (C=O) groups excluding carboxylic acids is 2. The van der Waals surface area contributed by atoms with Gasteiger partial charge in [-0.15, -0.1) is 0 Å². The molecule has 52 heavy (non-hydrogen) atoms. The summed E-state index contributed by atoms with van der Waals surface area (Å²) in [5, 5.41) is 14.1. The fourth-order valence-corrected chi connectivity index (χ4v) is 8.12. The molecule has 6 rings (SSSR count). The molecule has 10 nitrogen and oxygen atoms in total. The van der Waals surface area contributed by atoms with Gasteiger partial charge >= 0.3 is 7.05 Å². The number of nitrogens with two attached hydrogens (primary N) is 2. The molecule has 2 amide bonds. The van der Waals surface area contributed by atoms with Crippen LogP contribution in [0.5, 0.6) is 0 Å². The Labute approximate surface area is 319 Å². The van der Waals surface area contributed by atoms with E-state index in [0.717, 1.165) is 106 Å². The van der Waals surface area contributed by atoms with Gasteiger partial charge in [-0.2, -0.15) is 0 Å². The molecule has 0 saturated carbocycles. The summed E-state index contributed by atoms with van der Waals surface area (Å²) in [6.07, 6.45) is 7.35. The fourth-order valence-electron chi connectivity index (χ4n) is 7.87. The normalized spacial score (nSPS) is 19.3. The third-order valence-electron chi connectivity index (χ3n) is 11.0. The second-order valence-electron chi connectivity index (χ2n) is 14.6. The molecular formula is C39H54BCl2N7O3. The van der Waals surface area contributed by atoms with Gasteiger partial charge in [0.25, 0.3) is 0 Å². The van der Waals surface area contributed by atoms with E-state index < -0.39 is 0 Å². The van der Waals surface area contributed by atoms with Crippen LogP contribution in [0.4, 0.5) is 5.82 Å². The molecule has 0 bridgehead atoms. The van der Waals surface area contributed by atoms with E-state index in [-0.39, 0.29) is 36.9 Å². The molecule has 13 heteroatoms. The first-order valence-electron chi connectivity index (χ1n) is 18.6. The predicted molar refractivity (Wildman–Crippen MR) is 210 cm³/mol. The first-order valence-corrected chi connectivity index (χ1v) is 19.4. The highest BCUT2D eigenvalue weighted by molar-refractivity contribution is 6.45. The third kappa shape index (κ3) is 11.4. The minimum absolute atomic E-state index is 0.0420. The number of hydrogen-bond donors (Lipinski definition) is 4. The van der Waals surface area contributed by atoms with Gasteiger partial charge in [0.1, 0.15) is 5.82 Å². The summed E-state index contributed by atoms with van der Waals surface area (Å²) in [5.41, 5.74) is 15.5. The van der Waals surface area contributed by atoms with Gasteiger partial charge < -0.3 is 31.5 Å². The highest BCUT2D eigenvalue weighted by Crippen LogP contribution is 2.33. The molecule has 0 radical (unpaired) electrons. The number of carbonyl (C=O) groups is 2. The number of nitrogens with zero attached hydrogens (tertiary/aromatic N) is 4. The molecule has 3 saturated heterocycles. The minimum atomic E-state index is -0.349. The van der Waals surface area contributed by atoms with E-state index in [2.05, 4.69) is 20.0 Å². The van der Waals surface area contributed by atoms with Crippen LogP contribution in [0.3, 0.4) is 0 Å². The summed E-state index contributed by atoms with van der Waals surface area (Å²) >= 11 is 11.9. The summed E-state index contributed by atoms with van der Waals surface area (Å²) in [6.45, 7) is 9.36. The largest absolute Gasteiger partial charge is 0.437 e. The number of halogens is 2. The first-order chi connectivity index (χ1) is 25.0. The number of piperidine rings is 3. The molecule has 2 aromatic carbocycles. The molecule has 0 aliphatic carbocycles. The highest BCUT2D eigenvalue weighted by Gasteiger charge is 2.34. The first kappa shape index (κ1) is 40.0. The zero-order chi connectivity index (χ0) is 37.2. The van der Waals surface area contributed by atoms with Gasteiger partial charge in [-0.3, -0.25) is 14.5 Å². The second-order valence-corrected chi connectivity index (χ2v) is 15.5. The number of benzene rings is 2. The Morgan fingerprint density at radius 2 is 1.42 bits per heavy atom. The molecule has 3 aliphatic rings. The molecule has 2 atom stereocenters. The van der Waals surface area contributed by atoms with Crippen molar-refractivity contribution in [2.24, 2.45) is 23.5 Å². The number of amides is 2. The molecule has 280 valence electrons. The fraction of sp³-hybridized carbons (Fsp3) is 0.513. The standard InChI is InChI=1S/C26H34ClN5O2.C13H20BClN2O/c1-18(33)30-25(20-2-4-23(27)5-3-20)21-9-14-32(15-10-21)26(34)22-7-12-31(13-8-22)17-19-6-11-29-24(28)16-19;1-14(18)17-8-6-11(7-9-17)13(16)10-2-4-12(15)5-3-10/h2-6,11,16,21-22,25H,7-10,12-15,17H2,1H3,(H2,28,29)(H,30,33);2-5,11,13,18H,6-9,16H2,1H3. The maximum absolute atomic E-state index is 13.2. The van der Waals surface area contributed by atoms with Crippen LogP contribution in [-0.4, -0.2) is 82.8 Å². The topological polar surface area (TPSA) is 141 Å². The van der Waals surface area contributed by atoms with Gasteiger partial charge in [-0.1, -0.05) is 47.5 Å². The van der Waals surface area contributed by atoms with Crippen LogP contribution in [0.25, 0.3) is 0 Å². The van der Waals surface area contributed by atoms with Gasteiger partial charge in [0.15, 0.2) is 0 Å². The Hall–Kier alpha value is -3.19. The smallest absolute Gasteiger partial charge is 0.376 e. The summed E-state index contributed by atoms with van der Waals surface area (Å²) < 4.78 is 0. The number of pyridine rings is 1. The van der Waals surface area contributed by atoms with Gasteiger partial charge in [-0.05, 0) is 136 Å². The lowest BCUT2D eigenvalue weighted by atomic mass is 9.78. The number of rotatable bonds is 9. The zero-order valence-electron chi connectivity index (χ0n) is 30.5.